The lowest BCUT2D eigenvalue weighted by atomic mass is 9.50. The summed E-state index contributed by atoms with van der Waals surface area (Å²) < 4.78 is 0. The van der Waals surface area contributed by atoms with Crippen LogP contribution in [0.4, 0.5) is 5.69 Å². The van der Waals surface area contributed by atoms with E-state index in [4.69, 9.17) is 5.73 Å². The van der Waals surface area contributed by atoms with Crippen molar-refractivity contribution in [1.29, 1.82) is 0 Å². The van der Waals surface area contributed by atoms with Crippen molar-refractivity contribution < 1.29 is 4.79 Å². The van der Waals surface area contributed by atoms with Gasteiger partial charge in [-0.1, -0.05) is 33.3 Å². The van der Waals surface area contributed by atoms with Crippen LogP contribution in [0.25, 0.3) is 0 Å². The molecule has 1 saturated carbocycles. The van der Waals surface area contributed by atoms with Crippen LogP contribution in [0.5, 0.6) is 0 Å². The smallest absolute Gasteiger partial charge is 0.238 e. The number of carbonyl (C=O) groups excluding carboxylic acids is 1. The van der Waals surface area contributed by atoms with E-state index >= 15 is 0 Å². The molecule has 0 saturated heterocycles. The van der Waals surface area contributed by atoms with Gasteiger partial charge >= 0.3 is 0 Å². The molecule has 0 spiro atoms. The van der Waals surface area contributed by atoms with Crippen molar-refractivity contribution in [3.8, 4) is 0 Å². The lowest BCUT2D eigenvalue weighted by molar-refractivity contribution is -0.114. The summed E-state index contributed by atoms with van der Waals surface area (Å²) in [4.78, 5) is 11.6. The molecule has 0 aromatic heterocycles. The topological polar surface area (TPSA) is 55.1 Å². The Kier molecular flexibility index (Phi) is 3.80. The van der Waals surface area contributed by atoms with E-state index in [9.17, 15) is 4.79 Å². The number of benzene rings is 1. The van der Waals surface area contributed by atoms with Crippen molar-refractivity contribution in [3.63, 3.8) is 0 Å². The highest BCUT2D eigenvalue weighted by Gasteiger charge is 2.49. The van der Waals surface area contributed by atoms with Gasteiger partial charge in [-0.3, -0.25) is 4.79 Å². The van der Waals surface area contributed by atoms with E-state index in [1.165, 1.54) is 36.8 Å². The van der Waals surface area contributed by atoms with Crippen molar-refractivity contribution in [3.05, 3.63) is 29.3 Å². The highest BCUT2D eigenvalue weighted by molar-refractivity contribution is 5.92. The van der Waals surface area contributed by atoms with Crippen molar-refractivity contribution >= 4 is 11.6 Å². The molecule has 120 valence electrons. The summed E-state index contributed by atoms with van der Waals surface area (Å²) in [7, 11) is 0. The molecule has 3 heteroatoms. The fourth-order valence-corrected chi connectivity index (χ4v) is 5.07. The lowest BCUT2D eigenvalue weighted by Crippen LogP contribution is -2.47. The van der Waals surface area contributed by atoms with Crippen LogP contribution in [0.2, 0.25) is 0 Å². The van der Waals surface area contributed by atoms with E-state index in [2.05, 4.69) is 38.2 Å². The largest absolute Gasteiger partial charge is 0.325 e. The fraction of sp³-hybridized carbons (Fsp3) is 0.632. The average molecular weight is 300 g/mol. The van der Waals surface area contributed by atoms with Crippen molar-refractivity contribution in [2.75, 3.05) is 11.9 Å². The maximum atomic E-state index is 11.6. The first kappa shape index (κ1) is 15.5. The van der Waals surface area contributed by atoms with Gasteiger partial charge in [0.1, 0.15) is 0 Å². The van der Waals surface area contributed by atoms with Crippen LogP contribution >= 0.6 is 0 Å². The monoisotopic (exact) mass is 300 g/mol. The molecular weight excluding hydrogens is 272 g/mol. The summed E-state index contributed by atoms with van der Waals surface area (Å²) in [5.41, 5.74) is 9.85. The highest BCUT2D eigenvalue weighted by atomic mass is 16.1. The van der Waals surface area contributed by atoms with Crippen LogP contribution in [0.1, 0.15) is 57.6 Å². The normalized spacial score (nSPS) is 29.4. The maximum absolute atomic E-state index is 11.6. The number of rotatable bonds is 2. The molecule has 0 bridgehead atoms. The van der Waals surface area contributed by atoms with Gasteiger partial charge in [0.25, 0.3) is 0 Å². The number of nitrogens with two attached hydrogens (primary N) is 1. The average Bonchev–Trinajstić information content (AvgIpc) is 2.46. The summed E-state index contributed by atoms with van der Waals surface area (Å²) in [5.74, 6) is 0.600. The van der Waals surface area contributed by atoms with Gasteiger partial charge in [-0.25, -0.2) is 0 Å². The fourth-order valence-electron chi connectivity index (χ4n) is 5.07. The summed E-state index contributed by atoms with van der Waals surface area (Å²) in [6.45, 7) is 7.33. The Hall–Kier alpha value is -1.35. The summed E-state index contributed by atoms with van der Waals surface area (Å²) in [5, 5.41) is 2.91. The second kappa shape index (κ2) is 5.38. The number of hydrogen-bond acceptors (Lipinski definition) is 2. The molecule has 0 radical (unpaired) electrons. The maximum Gasteiger partial charge on any atom is 0.238 e. The Labute approximate surface area is 133 Å². The van der Waals surface area contributed by atoms with Crippen LogP contribution in [0.3, 0.4) is 0 Å². The molecule has 1 aromatic carbocycles. The molecule has 0 heterocycles. The minimum absolute atomic E-state index is 0.0318. The molecular formula is C19H28N2O. The van der Waals surface area contributed by atoms with E-state index in [1.807, 2.05) is 6.07 Å². The van der Waals surface area contributed by atoms with Crippen LogP contribution in [-0.2, 0) is 16.6 Å². The summed E-state index contributed by atoms with van der Waals surface area (Å²) >= 11 is 0. The van der Waals surface area contributed by atoms with Gasteiger partial charge in [0.05, 0.1) is 6.54 Å². The van der Waals surface area contributed by atoms with Crippen LogP contribution in [-0.4, -0.2) is 12.5 Å². The van der Waals surface area contributed by atoms with Gasteiger partial charge < -0.3 is 11.1 Å². The first-order valence-electron chi connectivity index (χ1n) is 8.50. The molecule has 0 aliphatic heterocycles. The lowest BCUT2D eigenvalue weighted by Gasteiger charge is -2.54. The Morgan fingerprint density at radius 1 is 1.32 bits per heavy atom. The zero-order chi connectivity index (χ0) is 16.0. The standard InChI is InChI=1S/C19H28N2O/c1-18(2)9-4-10-19(3)15-11-14(21-17(22)12-20)7-5-13(15)6-8-16(18)19/h5,7,11,16H,4,6,8-10,12,20H2,1-3H3,(H,21,22). The molecule has 1 aromatic rings. The first-order valence-corrected chi connectivity index (χ1v) is 8.50. The minimum Gasteiger partial charge on any atom is -0.325 e. The minimum atomic E-state index is -0.124. The Morgan fingerprint density at radius 2 is 2.09 bits per heavy atom. The van der Waals surface area contributed by atoms with Crippen LogP contribution in [0.15, 0.2) is 18.2 Å². The molecule has 3 N–H and O–H groups in total. The first-order chi connectivity index (χ1) is 10.4. The second-order valence-corrected chi connectivity index (χ2v) is 7.98. The van der Waals surface area contributed by atoms with Crippen molar-refractivity contribution in [1.82, 2.24) is 0 Å². The molecule has 3 rings (SSSR count). The zero-order valence-electron chi connectivity index (χ0n) is 14.0. The highest BCUT2D eigenvalue weighted by Crippen LogP contribution is 2.57. The van der Waals surface area contributed by atoms with Gasteiger partial charge in [-0.05, 0) is 65.7 Å². The number of hydrogen-bond donors (Lipinski definition) is 2. The zero-order valence-corrected chi connectivity index (χ0v) is 14.0. The molecule has 2 atom stereocenters. The quantitative estimate of drug-likeness (QED) is 0.876. The van der Waals surface area contributed by atoms with Crippen LogP contribution < -0.4 is 11.1 Å². The van der Waals surface area contributed by atoms with E-state index in [1.54, 1.807) is 0 Å². The Morgan fingerprint density at radius 3 is 2.82 bits per heavy atom. The number of aryl methyl sites for hydroxylation is 1. The van der Waals surface area contributed by atoms with E-state index in [-0.39, 0.29) is 17.9 Å². The van der Waals surface area contributed by atoms with Crippen molar-refractivity contribution in [2.24, 2.45) is 17.1 Å². The number of amides is 1. The summed E-state index contributed by atoms with van der Waals surface area (Å²) in [6.07, 6.45) is 6.31. The van der Waals surface area contributed by atoms with Gasteiger partial charge in [-0.2, -0.15) is 0 Å². The second-order valence-electron chi connectivity index (χ2n) is 7.98. The number of carbonyl (C=O) groups is 1. The molecule has 2 aliphatic rings. The third-order valence-corrected chi connectivity index (χ3v) is 6.13. The van der Waals surface area contributed by atoms with Crippen LogP contribution in [0, 0.1) is 11.3 Å². The molecule has 2 unspecified atom stereocenters. The molecule has 1 fully saturated rings. The van der Waals surface area contributed by atoms with Gasteiger partial charge in [0.2, 0.25) is 5.91 Å². The summed E-state index contributed by atoms with van der Waals surface area (Å²) in [6, 6.07) is 6.42. The third kappa shape index (κ3) is 2.45. The number of anilines is 1. The SMILES string of the molecule is CC1(C)CCCC2(C)c3cc(NC(=O)CN)ccc3CCC12. The Bertz CT molecular complexity index is 593. The van der Waals surface area contributed by atoms with E-state index in [0.717, 1.165) is 18.0 Å². The Balaban J connectivity index is 2.00. The van der Waals surface area contributed by atoms with Crippen molar-refractivity contribution in [2.45, 2.75) is 58.3 Å². The van der Waals surface area contributed by atoms with E-state index in [0.29, 0.717) is 5.41 Å². The van der Waals surface area contributed by atoms with Gasteiger partial charge in [-0.15, -0.1) is 0 Å². The molecule has 1 amide bonds. The number of nitrogens with one attached hydrogen (secondary N) is 1. The molecule has 2 aliphatic carbocycles. The third-order valence-electron chi connectivity index (χ3n) is 6.13. The number of fused-ring (bicyclic) bond motifs is 3. The van der Waals surface area contributed by atoms with Gasteiger partial charge in [0, 0.05) is 5.69 Å². The molecule has 3 nitrogen and oxygen atoms in total. The van der Waals surface area contributed by atoms with Gasteiger partial charge in [0.15, 0.2) is 0 Å². The predicted molar refractivity (Wildman–Crippen MR) is 90.9 cm³/mol. The predicted octanol–water partition coefficient (Wildman–Crippen LogP) is 3.61. The van der Waals surface area contributed by atoms with E-state index < -0.39 is 0 Å². The molecule has 22 heavy (non-hydrogen) atoms.